The molecule has 0 saturated carbocycles. The Morgan fingerprint density at radius 2 is 1.62 bits per heavy atom. The SMILES string of the molecule is CCCCCC(C)(CCCC(N)=O)C(N)=O. The highest BCUT2D eigenvalue weighted by Gasteiger charge is 2.29. The van der Waals surface area contributed by atoms with Crippen molar-refractivity contribution in [2.24, 2.45) is 16.9 Å². The summed E-state index contributed by atoms with van der Waals surface area (Å²) in [7, 11) is 0. The Kier molecular flexibility index (Phi) is 6.77. The maximum Gasteiger partial charge on any atom is 0.223 e. The Morgan fingerprint density at radius 3 is 2.06 bits per heavy atom. The van der Waals surface area contributed by atoms with Crippen LogP contribution in [0.15, 0.2) is 0 Å². The van der Waals surface area contributed by atoms with E-state index < -0.39 is 5.41 Å². The summed E-state index contributed by atoms with van der Waals surface area (Å²) in [6.07, 6.45) is 5.66. The molecule has 4 N–H and O–H groups in total. The molecule has 0 spiro atoms. The minimum Gasteiger partial charge on any atom is -0.370 e. The van der Waals surface area contributed by atoms with Gasteiger partial charge in [0, 0.05) is 11.8 Å². The van der Waals surface area contributed by atoms with Crippen molar-refractivity contribution in [2.45, 2.75) is 58.8 Å². The molecule has 16 heavy (non-hydrogen) atoms. The molecule has 0 aliphatic heterocycles. The maximum atomic E-state index is 11.4. The second kappa shape index (κ2) is 7.25. The van der Waals surface area contributed by atoms with Crippen molar-refractivity contribution in [3.8, 4) is 0 Å². The lowest BCUT2D eigenvalue weighted by Gasteiger charge is -2.25. The van der Waals surface area contributed by atoms with E-state index in [0.717, 1.165) is 25.7 Å². The Balaban J connectivity index is 4.11. The summed E-state index contributed by atoms with van der Waals surface area (Å²) >= 11 is 0. The highest BCUT2D eigenvalue weighted by atomic mass is 16.1. The van der Waals surface area contributed by atoms with Crippen LogP contribution in [0, 0.1) is 5.41 Å². The van der Waals surface area contributed by atoms with Crippen LogP contribution in [0.2, 0.25) is 0 Å². The first-order chi connectivity index (χ1) is 7.42. The zero-order valence-electron chi connectivity index (χ0n) is 10.4. The molecule has 0 aromatic heterocycles. The predicted octanol–water partition coefficient (Wildman–Crippen LogP) is 1.71. The molecule has 2 amide bonds. The molecule has 0 saturated heterocycles. The third-order valence-corrected chi connectivity index (χ3v) is 3.08. The largest absolute Gasteiger partial charge is 0.370 e. The molecule has 0 aromatic rings. The van der Waals surface area contributed by atoms with Gasteiger partial charge < -0.3 is 11.5 Å². The molecule has 0 aromatic carbocycles. The van der Waals surface area contributed by atoms with Crippen LogP contribution in [0.1, 0.15) is 58.8 Å². The summed E-state index contributed by atoms with van der Waals surface area (Å²) in [4.78, 5) is 22.0. The monoisotopic (exact) mass is 228 g/mol. The highest BCUT2D eigenvalue weighted by Crippen LogP contribution is 2.30. The molecule has 0 aliphatic carbocycles. The zero-order valence-corrected chi connectivity index (χ0v) is 10.4. The fourth-order valence-corrected chi connectivity index (χ4v) is 1.79. The average Bonchev–Trinajstić information content (AvgIpc) is 2.17. The Labute approximate surface area is 97.8 Å². The summed E-state index contributed by atoms with van der Waals surface area (Å²) in [5.74, 6) is -0.589. The zero-order chi connectivity index (χ0) is 12.6. The van der Waals surface area contributed by atoms with E-state index in [9.17, 15) is 9.59 Å². The summed E-state index contributed by atoms with van der Waals surface area (Å²) in [6, 6.07) is 0. The van der Waals surface area contributed by atoms with Crippen LogP contribution < -0.4 is 11.5 Å². The first-order valence-corrected chi connectivity index (χ1v) is 6.00. The van der Waals surface area contributed by atoms with Gasteiger partial charge in [0.1, 0.15) is 0 Å². The van der Waals surface area contributed by atoms with Gasteiger partial charge in [0.15, 0.2) is 0 Å². The highest BCUT2D eigenvalue weighted by molar-refractivity contribution is 5.80. The van der Waals surface area contributed by atoms with Crippen molar-refractivity contribution in [3.63, 3.8) is 0 Å². The molecule has 0 radical (unpaired) electrons. The van der Waals surface area contributed by atoms with Crippen LogP contribution in [0.4, 0.5) is 0 Å². The third-order valence-electron chi connectivity index (χ3n) is 3.08. The molecule has 0 bridgehead atoms. The van der Waals surface area contributed by atoms with Gasteiger partial charge in [-0.25, -0.2) is 0 Å². The predicted molar refractivity (Wildman–Crippen MR) is 64.5 cm³/mol. The molecule has 94 valence electrons. The fourth-order valence-electron chi connectivity index (χ4n) is 1.79. The third kappa shape index (κ3) is 5.73. The smallest absolute Gasteiger partial charge is 0.223 e. The van der Waals surface area contributed by atoms with Gasteiger partial charge in [-0.2, -0.15) is 0 Å². The van der Waals surface area contributed by atoms with Crippen molar-refractivity contribution in [2.75, 3.05) is 0 Å². The molecule has 0 heterocycles. The van der Waals surface area contributed by atoms with Gasteiger partial charge in [-0.3, -0.25) is 9.59 Å². The van der Waals surface area contributed by atoms with Gasteiger partial charge in [-0.1, -0.05) is 33.1 Å². The van der Waals surface area contributed by atoms with Crippen molar-refractivity contribution in [3.05, 3.63) is 0 Å². The average molecular weight is 228 g/mol. The first kappa shape index (κ1) is 14.9. The van der Waals surface area contributed by atoms with E-state index in [-0.39, 0.29) is 11.8 Å². The standard InChI is InChI=1S/C12H24N2O2/c1-3-4-5-8-12(2,11(14)16)9-6-7-10(13)15/h3-9H2,1-2H3,(H2,13,15)(H2,14,16). The van der Waals surface area contributed by atoms with E-state index in [1.165, 1.54) is 0 Å². The summed E-state index contributed by atoms with van der Waals surface area (Å²) < 4.78 is 0. The number of unbranched alkanes of at least 4 members (excludes halogenated alkanes) is 2. The quantitative estimate of drug-likeness (QED) is 0.589. The molecular formula is C12H24N2O2. The van der Waals surface area contributed by atoms with Crippen LogP contribution in [0.3, 0.4) is 0 Å². The first-order valence-electron chi connectivity index (χ1n) is 6.00. The summed E-state index contributed by atoms with van der Waals surface area (Å²) in [5.41, 5.74) is 10.00. The van der Waals surface area contributed by atoms with Crippen LogP contribution in [-0.2, 0) is 9.59 Å². The maximum absolute atomic E-state index is 11.4. The number of hydrogen-bond acceptors (Lipinski definition) is 2. The molecule has 4 heteroatoms. The van der Waals surface area contributed by atoms with E-state index >= 15 is 0 Å². The van der Waals surface area contributed by atoms with E-state index in [0.29, 0.717) is 19.3 Å². The molecule has 4 nitrogen and oxygen atoms in total. The molecule has 1 atom stereocenters. The number of nitrogens with two attached hydrogens (primary N) is 2. The van der Waals surface area contributed by atoms with Gasteiger partial charge in [-0.05, 0) is 19.3 Å². The van der Waals surface area contributed by atoms with Crippen molar-refractivity contribution in [1.29, 1.82) is 0 Å². The molecule has 1 unspecified atom stereocenters. The van der Waals surface area contributed by atoms with Crippen LogP contribution in [0.25, 0.3) is 0 Å². The Morgan fingerprint density at radius 1 is 1.06 bits per heavy atom. The van der Waals surface area contributed by atoms with Crippen molar-refractivity contribution >= 4 is 11.8 Å². The Hall–Kier alpha value is -1.06. The number of carbonyl (C=O) groups excluding carboxylic acids is 2. The molecule has 0 rings (SSSR count). The van der Waals surface area contributed by atoms with Gasteiger partial charge >= 0.3 is 0 Å². The fraction of sp³-hybridized carbons (Fsp3) is 0.833. The van der Waals surface area contributed by atoms with Gasteiger partial charge in [0.25, 0.3) is 0 Å². The van der Waals surface area contributed by atoms with E-state index in [1.807, 2.05) is 6.92 Å². The molecular weight excluding hydrogens is 204 g/mol. The second-order valence-electron chi connectivity index (χ2n) is 4.70. The second-order valence-corrected chi connectivity index (χ2v) is 4.70. The lowest BCUT2D eigenvalue weighted by molar-refractivity contribution is -0.128. The lowest BCUT2D eigenvalue weighted by atomic mass is 9.79. The minimum atomic E-state index is -0.482. The van der Waals surface area contributed by atoms with Crippen LogP contribution >= 0.6 is 0 Å². The van der Waals surface area contributed by atoms with E-state index in [2.05, 4.69) is 6.92 Å². The number of amides is 2. The van der Waals surface area contributed by atoms with Gasteiger partial charge in [0.2, 0.25) is 11.8 Å². The van der Waals surface area contributed by atoms with Crippen LogP contribution in [0.5, 0.6) is 0 Å². The minimum absolute atomic E-state index is 0.270. The van der Waals surface area contributed by atoms with Gasteiger partial charge in [0.05, 0.1) is 0 Å². The van der Waals surface area contributed by atoms with Gasteiger partial charge in [-0.15, -0.1) is 0 Å². The normalized spacial score (nSPS) is 14.4. The van der Waals surface area contributed by atoms with E-state index in [4.69, 9.17) is 11.5 Å². The summed E-state index contributed by atoms with van der Waals surface area (Å²) in [5, 5.41) is 0. The van der Waals surface area contributed by atoms with Crippen molar-refractivity contribution < 1.29 is 9.59 Å². The number of rotatable bonds is 9. The topological polar surface area (TPSA) is 86.2 Å². The number of primary amides is 2. The molecule has 0 fully saturated rings. The number of hydrogen-bond donors (Lipinski definition) is 2. The number of carbonyl (C=O) groups is 2. The summed E-state index contributed by atoms with van der Waals surface area (Å²) in [6.45, 7) is 4.00. The Bertz CT molecular complexity index is 241. The molecule has 0 aliphatic rings. The van der Waals surface area contributed by atoms with Crippen molar-refractivity contribution in [1.82, 2.24) is 0 Å². The van der Waals surface area contributed by atoms with E-state index in [1.54, 1.807) is 0 Å². The lowest BCUT2D eigenvalue weighted by Crippen LogP contribution is -2.34. The van der Waals surface area contributed by atoms with Crippen LogP contribution in [-0.4, -0.2) is 11.8 Å².